The third kappa shape index (κ3) is 4.57. The van der Waals surface area contributed by atoms with Gasteiger partial charge in [-0.05, 0) is 50.7 Å². The molecule has 1 saturated heterocycles. The van der Waals surface area contributed by atoms with E-state index in [0.717, 1.165) is 39.0 Å². The van der Waals surface area contributed by atoms with Gasteiger partial charge >= 0.3 is 0 Å². The lowest BCUT2D eigenvalue weighted by Crippen LogP contribution is -2.48. The quantitative estimate of drug-likeness (QED) is 0.744. The third-order valence-corrected chi connectivity index (χ3v) is 4.28. The number of likely N-dealkylation sites (tertiary alicyclic amines) is 1. The van der Waals surface area contributed by atoms with Crippen molar-refractivity contribution in [2.45, 2.75) is 46.6 Å². The van der Waals surface area contributed by atoms with Gasteiger partial charge in [-0.3, -0.25) is 0 Å². The monoisotopic (exact) mass is 242 g/mol. The van der Waals surface area contributed by atoms with Gasteiger partial charge in [-0.1, -0.05) is 20.8 Å². The van der Waals surface area contributed by atoms with E-state index >= 15 is 0 Å². The van der Waals surface area contributed by atoms with Crippen molar-refractivity contribution in [3.63, 3.8) is 0 Å². The van der Waals surface area contributed by atoms with E-state index in [0.29, 0.717) is 24.0 Å². The highest BCUT2D eigenvalue weighted by atomic mass is 16.3. The van der Waals surface area contributed by atoms with Gasteiger partial charge in [0.05, 0.1) is 0 Å². The first kappa shape index (κ1) is 14.9. The number of rotatable bonds is 6. The first-order valence-corrected chi connectivity index (χ1v) is 7.06. The highest BCUT2D eigenvalue weighted by molar-refractivity contribution is 4.85. The van der Waals surface area contributed by atoms with Crippen molar-refractivity contribution in [2.75, 3.05) is 32.8 Å². The van der Waals surface area contributed by atoms with Gasteiger partial charge in [0.15, 0.2) is 0 Å². The van der Waals surface area contributed by atoms with Crippen LogP contribution in [-0.4, -0.2) is 48.8 Å². The minimum atomic E-state index is 0.308. The maximum atomic E-state index is 9.14. The fourth-order valence-corrected chi connectivity index (χ4v) is 2.62. The lowest BCUT2D eigenvalue weighted by molar-refractivity contribution is 0.0876. The number of aliphatic hydroxyl groups is 1. The Hall–Kier alpha value is -0.120. The Kier molecular flexibility index (Phi) is 5.90. The molecular weight excluding hydrogens is 212 g/mol. The fraction of sp³-hybridized carbons (Fsp3) is 1.00. The molecule has 1 aliphatic rings. The number of aliphatic hydroxyl groups excluding tert-OH is 1. The standard InChI is InChI=1S/C14H30N2O/c1-5-15-12(2)14(3,4)11-16-8-6-13(10-17)7-9-16/h12-13,15,17H,5-11H2,1-4H3. The zero-order chi connectivity index (χ0) is 12.9. The van der Waals surface area contributed by atoms with E-state index in [1.165, 1.54) is 0 Å². The molecule has 102 valence electrons. The zero-order valence-electron chi connectivity index (χ0n) is 12.0. The van der Waals surface area contributed by atoms with E-state index in [4.69, 9.17) is 5.11 Å². The number of nitrogens with zero attached hydrogens (tertiary/aromatic N) is 1. The number of piperidine rings is 1. The maximum absolute atomic E-state index is 9.14. The van der Waals surface area contributed by atoms with Crippen LogP contribution in [0.1, 0.15) is 40.5 Å². The van der Waals surface area contributed by atoms with Crippen molar-refractivity contribution < 1.29 is 5.11 Å². The molecule has 1 rings (SSSR count). The van der Waals surface area contributed by atoms with E-state index in [-0.39, 0.29) is 0 Å². The number of hydrogen-bond donors (Lipinski definition) is 2. The first-order chi connectivity index (χ1) is 7.99. The van der Waals surface area contributed by atoms with Crippen LogP contribution < -0.4 is 5.32 Å². The Labute approximate surface area is 107 Å². The van der Waals surface area contributed by atoms with Gasteiger partial charge in [-0.2, -0.15) is 0 Å². The van der Waals surface area contributed by atoms with Gasteiger partial charge in [-0.15, -0.1) is 0 Å². The molecule has 0 radical (unpaired) electrons. The molecule has 3 heteroatoms. The Balaban J connectivity index is 2.38. The summed E-state index contributed by atoms with van der Waals surface area (Å²) in [4.78, 5) is 2.56. The van der Waals surface area contributed by atoms with Crippen molar-refractivity contribution in [2.24, 2.45) is 11.3 Å². The largest absolute Gasteiger partial charge is 0.396 e. The van der Waals surface area contributed by atoms with Gasteiger partial charge in [-0.25, -0.2) is 0 Å². The third-order valence-electron chi connectivity index (χ3n) is 4.28. The van der Waals surface area contributed by atoms with Crippen LogP contribution in [0, 0.1) is 11.3 Å². The molecule has 0 aliphatic carbocycles. The molecule has 0 aromatic carbocycles. The minimum absolute atomic E-state index is 0.308. The van der Waals surface area contributed by atoms with Gasteiger partial charge in [0.1, 0.15) is 0 Å². The van der Waals surface area contributed by atoms with Gasteiger partial charge in [0, 0.05) is 19.2 Å². The summed E-state index contributed by atoms with van der Waals surface area (Å²) < 4.78 is 0. The highest BCUT2D eigenvalue weighted by Crippen LogP contribution is 2.25. The van der Waals surface area contributed by atoms with Crippen molar-refractivity contribution >= 4 is 0 Å². The second-order valence-electron chi connectivity index (χ2n) is 6.17. The van der Waals surface area contributed by atoms with Crippen LogP contribution in [0.25, 0.3) is 0 Å². The minimum Gasteiger partial charge on any atom is -0.396 e. The van der Waals surface area contributed by atoms with Crippen LogP contribution in [0.4, 0.5) is 0 Å². The smallest absolute Gasteiger partial charge is 0.0460 e. The number of nitrogens with one attached hydrogen (secondary N) is 1. The van der Waals surface area contributed by atoms with Crippen LogP contribution in [0.3, 0.4) is 0 Å². The molecular formula is C14H30N2O. The maximum Gasteiger partial charge on any atom is 0.0460 e. The average Bonchev–Trinajstić information content (AvgIpc) is 2.30. The van der Waals surface area contributed by atoms with Crippen LogP contribution in [0.5, 0.6) is 0 Å². The summed E-state index contributed by atoms with van der Waals surface area (Å²) in [5, 5.41) is 12.7. The van der Waals surface area contributed by atoms with Crippen molar-refractivity contribution in [3.8, 4) is 0 Å². The van der Waals surface area contributed by atoms with E-state index in [1.54, 1.807) is 0 Å². The van der Waals surface area contributed by atoms with E-state index in [1.807, 2.05) is 0 Å². The Morgan fingerprint density at radius 1 is 1.35 bits per heavy atom. The molecule has 0 saturated carbocycles. The molecule has 1 fully saturated rings. The molecule has 1 unspecified atom stereocenters. The van der Waals surface area contributed by atoms with Gasteiger partial charge < -0.3 is 15.3 Å². The van der Waals surface area contributed by atoms with Gasteiger partial charge in [0.25, 0.3) is 0 Å². The molecule has 0 aromatic rings. The molecule has 0 amide bonds. The molecule has 1 heterocycles. The second kappa shape index (κ2) is 6.72. The zero-order valence-corrected chi connectivity index (χ0v) is 12.0. The van der Waals surface area contributed by atoms with Crippen molar-refractivity contribution in [1.29, 1.82) is 0 Å². The lowest BCUT2D eigenvalue weighted by Gasteiger charge is -2.40. The summed E-state index contributed by atoms with van der Waals surface area (Å²) in [6.45, 7) is 14.0. The highest BCUT2D eigenvalue weighted by Gasteiger charge is 2.29. The van der Waals surface area contributed by atoms with E-state index in [9.17, 15) is 0 Å². The topological polar surface area (TPSA) is 35.5 Å². The Morgan fingerprint density at radius 3 is 2.41 bits per heavy atom. The van der Waals surface area contributed by atoms with Crippen LogP contribution in [0.2, 0.25) is 0 Å². The summed E-state index contributed by atoms with van der Waals surface area (Å²) in [6, 6.07) is 0.545. The normalized spacial score (nSPS) is 21.7. The molecule has 0 bridgehead atoms. The van der Waals surface area contributed by atoms with Crippen molar-refractivity contribution in [1.82, 2.24) is 10.2 Å². The van der Waals surface area contributed by atoms with E-state index in [2.05, 4.69) is 37.9 Å². The van der Waals surface area contributed by atoms with Crippen LogP contribution >= 0.6 is 0 Å². The average molecular weight is 242 g/mol. The summed E-state index contributed by atoms with van der Waals surface area (Å²) in [5.74, 6) is 0.542. The second-order valence-corrected chi connectivity index (χ2v) is 6.17. The summed E-state index contributed by atoms with van der Waals surface area (Å²) >= 11 is 0. The van der Waals surface area contributed by atoms with Gasteiger partial charge in [0.2, 0.25) is 0 Å². The van der Waals surface area contributed by atoms with E-state index < -0.39 is 0 Å². The Morgan fingerprint density at radius 2 is 1.94 bits per heavy atom. The summed E-state index contributed by atoms with van der Waals surface area (Å²) in [7, 11) is 0. The fourth-order valence-electron chi connectivity index (χ4n) is 2.62. The molecule has 2 N–H and O–H groups in total. The van der Waals surface area contributed by atoms with Crippen molar-refractivity contribution in [3.05, 3.63) is 0 Å². The summed E-state index contributed by atoms with van der Waals surface area (Å²) in [6.07, 6.45) is 2.31. The molecule has 0 spiro atoms. The molecule has 3 nitrogen and oxygen atoms in total. The lowest BCUT2D eigenvalue weighted by atomic mass is 9.83. The van der Waals surface area contributed by atoms with Crippen LogP contribution in [0.15, 0.2) is 0 Å². The predicted octanol–water partition coefficient (Wildman–Crippen LogP) is 1.71. The SMILES string of the molecule is CCNC(C)C(C)(C)CN1CCC(CO)CC1. The number of hydrogen-bond acceptors (Lipinski definition) is 3. The molecule has 1 aliphatic heterocycles. The molecule has 0 aromatic heterocycles. The Bertz CT molecular complexity index is 210. The predicted molar refractivity (Wildman–Crippen MR) is 73.2 cm³/mol. The van der Waals surface area contributed by atoms with Crippen LogP contribution in [-0.2, 0) is 0 Å². The molecule has 1 atom stereocenters. The first-order valence-electron chi connectivity index (χ1n) is 7.06. The summed E-state index contributed by atoms with van der Waals surface area (Å²) in [5.41, 5.74) is 0.308. The molecule has 17 heavy (non-hydrogen) atoms.